The summed E-state index contributed by atoms with van der Waals surface area (Å²) in [6, 6.07) is 5.80. The number of nitrogens with two attached hydrogens (primary N) is 1. The van der Waals surface area contributed by atoms with E-state index in [0.29, 0.717) is 49.5 Å². The van der Waals surface area contributed by atoms with Crippen molar-refractivity contribution in [1.82, 2.24) is 9.97 Å². The summed E-state index contributed by atoms with van der Waals surface area (Å²) in [4.78, 5) is 22.9. The Balaban J connectivity index is 1.89. The summed E-state index contributed by atoms with van der Waals surface area (Å²) in [7, 11) is 1.61. The fourth-order valence-electron chi connectivity index (χ4n) is 3.28. The standard InChI is InChI=1S/C19H24FN5O3/c1-28-10-7-13(6-9-26)22-17-15-5-8-25(14-4-2-3-12(20)11-14)18(27)16(15)23-19(21)24-17/h2-4,11,13,26H,5-10H2,1H3,(H3,21,22,23,24). The van der Waals surface area contributed by atoms with E-state index in [1.165, 1.54) is 17.0 Å². The molecule has 1 aromatic carbocycles. The molecule has 3 rings (SSSR count). The van der Waals surface area contributed by atoms with Crippen LogP contribution >= 0.6 is 0 Å². The second kappa shape index (κ2) is 8.94. The predicted molar refractivity (Wildman–Crippen MR) is 104 cm³/mol. The van der Waals surface area contributed by atoms with E-state index in [1.54, 1.807) is 19.2 Å². The lowest BCUT2D eigenvalue weighted by Crippen LogP contribution is -2.39. The molecule has 0 radical (unpaired) electrons. The molecule has 0 fully saturated rings. The first kappa shape index (κ1) is 20.0. The lowest BCUT2D eigenvalue weighted by atomic mass is 10.0. The number of fused-ring (bicyclic) bond motifs is 1. The molecule has 2 aromatic rings. The molecule has 2 heterocycles. The van der Waals surface area contributed by atoms with Gasteiger partial charge in [0.15, 0.2) is 0 Å². The smallest absolute Gasteiger partial charge is 0.277 e. The predicted octanol–water partition coefficient (Wildman–Crippen LogP) is 1.60. The van der Waals surface area contributed by atoms with Crippen molar-refractivity contribution >= 4 is 23.4 Å². The molecule has 1 aliphatic rings. The van der Waals surface area contributed by atoms with Crippen molar-refractivity contribution < 1.29 is 19.0 Å². The van der Waals surface area contributed by atoms with Gasteiger partial charge >= 0.3 is 0 Å². The molecule has 1 unspecified atom stereocenters. The van der Waals surface area contributed by atoms with Gasteiger partial charge in [-0.1, -0.05) is 6.07 Å². The van der Waals surface area contributed by atoms with Crippen molar-refractivity contribution in [2.24, 2.45) is 0 Å². The zero-order valence-electron chi connectivity index (χ0n) is 15.7. The Morgan fingerprint density at radius 3 is 2.93 bits per heavy atom. The van der Waals surface area contributed by atoms with Gasteiger partial charge in [0.05, 0.1) is 0 Å². The highest BCUT2D eigenvalue weighted by Gasteiger charge is 2.30. The number of carbonyl (C=O) groups excluding carboxylic acids is 1. The first-order valence-corrected chi connectivity index (χ1v) is 9.13. The number of carbonyl (C=O) groups is 1. The summed E-state index contributed by atoms with van der Waals surface area (Å²) < 4.78 is 18.7. The quantitative estimate of drug-likeness (QED) is 0.628. The summed E-state index contributed by atoms with van der Waals surface area (Å²) in [5.74, 6) is -0.292. The number of amides is 1. The maximum absolute atomic E-state index is 13.6. The third-order valence-electron chi connectivity index (χ3n) is 4.67. The van der Waals surface area contributed by atoms with Crippen molar-refractivity contribution in [3.63, 3.8) is 0 Å². The molecule has 0 spiro atoms. The van der Waals surface area contributed by atoms with Gasteiger partial charge in [-0.25, -0.2) is 9.37 Å². The lowest BCUT2D eigenvalue weighted by Gasteiger charge is -2.30. The average Bonchev–Trinajstić information content (AvgIpc) is 2.67. The number of ether oxygens (including phenoxy) is 1. The second-order valence-electron chi connectivity index (χ2n) is 6.58. The average molecular weight is 389 g/mol. The molecular weight excluding hydrogens is 365 g/mol. The number of nitrogen functional groups attached to an aromatic ring is 1. The molecule has 1 aromatic heterocycles. The minimum atomic E-state index is -0.411. The topological polar surface area (TPSA) is 114 Å². The van der Waals surface area contributed by atoms with Gasteiger partial charge in [0, 0.05) is 44.2 Å². The zero-order valence-corrected chi connectivity index (χ0v) is 15.7. The highest BCUT2D eigenvalue weighted by molar-refractivity contribution is 6.07. The second-order valence-corrected chi connectivity index (χ2v) is 6.58. The van der Waals surface area contributed by atoms with Crippen LogP contribution in [0.1, 0.15) is 28.9 Å². The molecule has 1 amide bonds. The Bertz CT molecular complexity index is 848. The molecule has 0 bridgehead atoms. The van der Waals surface area contributed by atoms with Crippen molar-refractivity contribution in [3.8, 4) is 0 Å². The Kier molecular flexibility index (Phi) is 6.37. The molecule has 4 N–H and O–H groups in total. The molecule has 28 heavy (non-hydrogen) atoms. The summed E-state index contributed by atoms with van der Waals surface area (Å²) >= 11 is 0. The maximum Gasteiger partial charge on any atom is 0.277 e. The first-order valence-electron chi connectivity index (χ1n) is 9.13. The number of hydrogen-bond donors (Lipinski definition) is 3. The third kappa shape index (κ3) is 4.37. The molecule has 1 aliphatic heterocycles. The minimum absolute atomic E-state index is 0.0103. The van der Waals surface area contributed by atoms with Gasteiger partial charge in [0.2, 0.25) is 5.95 Å². The van der Waals surface area contributed by atoms with Crippen LogP contribution in [-0.2, 0) is 11.2 Å². The number of nitrogens with one attached hydrogen (secondary N) is 1. The molecule has 150 valence electrons. The number of benzene rings is 1. The summed E-state index contributed by atoms with van der Waals surface area (Å²) in [5.41, 5.74) is 7.19. The van der Waals surface area contributed by atoms with Gasteiger partial charge in [0.25, 0.3) is 5.91 Å². The Labute approximate surface area is 162 Å². The van der Waals surface area contributed by atoms with Crippen LogP contribution in [0.4, 0.5) is 21.8 Å². The van der Waals surface area contributed by atoms with Gasteiger partial charge < -0.3 is 25.8 Å². The monoisotopic (exact) mass is 389 g/mol. The SMILES string of the molecule is COCCC(CCO)Nc1nc(N)nc2c1CCN(c1cccc(F)c1)C2=O. The highest BCUT2D eigenvalue weighted by Crippen LogP contribution is 2.29. The van der Waals surface area contributed by atoms with E-state index in [1.807, 2.05) is 0 Å². The summed E-state index contributed by atoms with van der Waals surface area (Å²) in [6.07, 6.45) is 1.67. The van der Waals surface area contributed by atoms with Gasteiger partial charge in [-0.15, -0.1) is 0 Å². The number of rotatable bonds is 8. The van der Waals surface area contributed by atoms with Crippen LogP contribution in [0, 0.1) is 5.82 Å². The van der Waals surface area contributed by atoms with Crippen LogP contribution < -0.4 is 16.0 Å². The van der Waals surface area contributed by atoms with E-state index in [-0.39, 0.29) is 30.2 Å². The molecular formula is C19H24FN5O3. The summed E-state index contributed by atoms with van der Waals surface area (Å²) in [6.45, 7) is 0.906. The molecule has 0 aliphatic carbocycles. The van der Waals surface area contributed by atoms with E-state index in [2.05, 4.69) is 15.3 Å². The third-order valence-corrected chi connectivity index (χ3v) is 4.67. The van der Waals surface area contributed by atoms with E-state index in [0.717, 1.165) is 0 Å². The normalized spacial score (nSPS) is 14.7. The molecule has 0 saturated carbocycles. The van der Waals surface area contributed by atoms with Crippen molar-refractivity contribution in [3.05, 3.63) is 41.3 Å². The van der Waals surface area contributed by atoms with E-state index < -0.39 is 5.82 Å². The molecule has 9 heteroatoms. The summed E-state index contributed by atoms with van der Waals surface area (Å²) in [5, 5.41) is 12.6. The van der Waals surface area contributed by atoms with Crippen LogP contribution in [0.25, 0.3) is 0 Å². The lowest BCUT2D eigenvalue weighted by molar-refractivity contribution is 0.0975. The largest absolute Gasteiger partial charge is 0.396 e. The number of hydrogen-bond acceptors (Lipinski definition) is 7. The van der Waals surface area contributed by atoms with Crippen LogP contribution in [-0.4, -0.2) is 53.9 Å². The number of aliphatic hydroxyl groups is 1. The Morgan fingerprint density at radius 1 is 1.39 bits per heavy atom. The van der Waals surface area contributed by atoms with E-state index >= 15 is 0 Å². The van der Waals surface area contributed by atoms with Crippen LogP contribution in [0.15, 0.2) is 24.3 Å². The number of methoxy groups -OCH3 is 1. The van der Waals surface area contributed by atoms with Crippen LogP contribution in [0.3, 0.4) is 0 Å². The van der Waals surface area contributed by atoms with Gasteiger partial charge in [0.1, 0.15) is 17.3 Å². The number of aromatic nitrogens is 2. The Morgan fingerprint density at radius 2 is 2.21 bits per heavy atom. The van der Waals surface area contributed by atoms with Gasteiger partial charge in [-0.05, 0) is 37.5 Å². The highest BCUT2D eigenvalue weighted by atomic mass is 19.1. The maximum atomic E-state index is 13.6. The Hall–Kier alpha value is -2.78. The van der Waals surface area contributed by atoms with Crippen molar-refractivity contribution in [2.75, 3.05) is 42.8 Å². The number of halogens is 1. The molecule has 8 nitrogen and oxygen atoms in total. The number of nitrogens with zero attached hydrogens (tertiary/aromatic N) is 3. The van der Waals surface area contributed by atoms with Gasteiger partial charge in [-0.3, -0.25) is 4.79 Å². The van der Waals surface area contributed by atoms with Crippen LogP contribution in [0.5, 0.6) is 0 Å². The fraction of sp³-hybridized carbons (Fsp3) is 0.421. The first-order chi connectivity index (χ1) is 13.5. The zero-order chi connectivity index (χ0) is 20.1. The van der Waals surface area contributed by atoms with E-state index in [9.17, 15) is 14.3 Å². The molecule has 1 atom stereocenters. The van der Waals surface area contributed by atoms with Crippen molar-refractivity contribution in [1.29, 1.82) is 0 Å². The number of anilines is 3. The fourth-order valence-corrected chi connectivity index (χ4v) is 3.28. The minimum Gasteiger partial charge on any atom is -0.396 e. The van der Waals surface area contributed by atoms with Crippen LogP contribution in [0.2, 0.25) is 0 Å². The molecule has 0 saturated heterocycles. The number of aliphatic hydroxyl groups excluding tert-OH is 1. The van der Waals surface area contributed by atoms with Gasteiger partial charge in [-0.2, -0.15) is 4.98 Å². The van der Waals surface area contributed by atoms with E-state index in [4.69, 9.17) is 10.5 Å². The van der Waals surface area contributed by atoms with Crippen molar-refractivity contribution in [2.45, 2.75) is 25.3 Å².